The summed E-state index contributed by atoms with van der Waals surface area (Å²) in [7, 11) is 0. The van der Waals surface area contributed by atoms with Gasteiger partial charge < -0.3 is 10.2 Å². The molecule has 2 rings (SSSR count). The lowest BCUT2D eigenvalue weighted by atomic mass is 10.0. The van der Waals surface area contributed by atoms with Crippen LogP contribution in [0, 0.1) is 0 Å². The summed E-state index contributed by atoms with van der Waals surface area (Å²) in [6, 6.07) is 0.875. The van der Waals surface area contributed by atoms with Gasteiger partial charge in [0.1, 0.15) is 0 Å². The van der Waals surface area contributed by atoms with Gasteiger partial charge in [0.15, 0.2) is 0 Å². The normalized spacial score (nSPS) is 26.2. The molecular formula is C11H24ClN3. The van der Waals surface area contributed by atoms with Gasteiger partial charge in [-0.3, -0.25) is 4.90 Å². The molecule has 2 heterocycles. The molecule has 0 unspecified atom stereocenters. The molecule has 90 valence electrons. The number of nitrogens with one attached hydrogen (secondary N) is 1. The van der Waals surface area contributed by atoms with Crippen LogP contribution in [-0.4, -0.2) is 61.7 Å². The third-order valence-corrected chi connectivity index (χ3v) is 3.67. The van der Waals surface area contributed by atoms with Crippen molar-refractivity contribution in [2.75, 3.05) is 45.8 Å². The van der Waals surface area contributed by atoms with Gasteiger partial charge in [-0.25, -0.2) is 0 Å². The lowest BCUT2D eigenvalue weighted by Crippen LogP contribution is -2.51. The smallest absolute Gasteiger partial charge is 0.0121 e. The zero-order valence-electron chi connectivity index (χ0n) is 9.74. The summed E-state index contributed by atoms with van der Waals surface area (Å²) in [6.45, 7) is 11.0. The van der Waals surface area contributed by atoms with Crippen molar-refractivity contribution in [1.29, 1.82) is 0 Å². The summed E-state index contributed by atoms with van der Waals surface area (Å²) in [5.41, 5.74) is 0. The molecule has 2 aliphatic rings. The van der Waals surface area contributed by atoms with E-state index in [9.17, 15) is 0 Å². The van der Waals surface area contributed by atoms with E-state index < -0.39 is 0 Å². The van der Waals surface area contributed by atoms with Crippen LogP contribution in [0.3, 0.4) is 0 Å². The lowest BCUT2D eigenvalue weighted by Gasteiger charge is -2.40. The largest absolute Gasteiger partial charge is 0.314 e. The van der Waals surface area contributed by atoms with Gasteiger partial charge in [-0.2, -0.15) is 0 Å². The second kappa shape index (κ2) is 6.69. The Morgan fingerprint density at radius 1 is 1.07 bits per heavy atom. The Balaban J connectivity index is 0.00000112. The van der Waals surface area contributed by atoms with Gasteiger partial charge in [0.25, 0.3) is 0 Å². The maximum absolute atomic E-state index is 3.42. The van der Waals surface area contributed by atoms with E-state index in [1.54, 1.807) is 0 Å². The zero-order chi connectivity index (χ0) is 9.80. The molecule has 0 bridgehead atoms. The number of likely N-dealkylation sites (tertiary alicyclic amines) is 1. The number of piperidine rings is 1. The monoisotopic (exact) mass is 233 g/mol. The minimum Gasteiger partial charge on any atom is -0.314 e. The Morgan fingerprint density at radius 2 is 1.67 bits per heavy atom. The molecule has 3 nitrogen and oxygen atoms in total. The molecule has 0 atom stereocenters. The molecule has 4 heteroatoms. The van der Waals surface area contributed by atoms with E-state index in [1.807, 2.05) is 0 Å². The highest BCUT2D eigenvalue weighted by Crippen LogP contribution is 2.16. The van der Waals surface area contributed by atoms with Gasteiger partial charge in [-0.05, 0) is 32.5 Å². The van der Waals surface area contributed by atoms with Gasteiger partial charge >= 0.3 is 0 Å². The van der Waals surface area contributed by atoms with E-state index in [-0.39, 0.29) is 12.4 Å². The van der Waals surface area contributed by atoms with Crippen molar-refractivity contribution in [2.24, 2.45) is 0 Å². The number of piperazine rings is 1. The van der Waals surface area contributed by atoms with E-state index in [0.717, 1.165) is 6.04 Å². The number of halogens is 1. The van der Waals surface area contributed by atoms with Crippen molar-refractivity contribution in [3.8, 4) is 0 Å². The Kier molecular flexibility index (Phi) is 5.90. The highest BCUT2D eigenvalue weighted by molar-refractivity contribution is 5.85. The molecular weight excluding hydrogens is 210 g/mol. The number of hydrogen-bond donors (Lipinski definition) is 1. The predicted octanol–water partition coefficient (Wildman–Crippen LogP) is 0.798. The quantitative estimate of drug-likeness (QED) is 0.761. The predicted molar refractivity (Wildman–Crippen MR) is 66.8 cm³/mol. The SMILES string of the molecule is CCN1CCC(N2CCNCC2)CC1.Cl. The fraction of sp³-hybridized carbons (Fsp3) is 1.00. The van der Waals surface area contributed by atoms with Crippen molar-refractivity contribution >= 4 is 12.4 Å². The fourth-order valence-corrected chi connectivity index (χ4v) is 2.65. The first-order valence-electron chi connectivity index (χ1n) is 6.07. The van der Waals surface area contributed by atoms with Crippen LogP contribution < -0.4 is 5.32 Å². The van der Waals surface area contributed by atoms with E-state index >= 15 is 0 Å². The van der Waals surface area contributed by atoms with Crippen LogP contribution in [-0.2, 0) is 0 Å². The van der Waals surface area contributed by atoms with Crippen LogP contribution >= 0.6 is 12.4 Å². The first-order valence-corrected chi connectivity index (χ1v) is 6.07. The summed E-state index contributed by atoms with van der Waals surface area (Å²) < 4.78 is 0. The molecule has 0 saturated carbocycles. The highest BCUT2D eigenvalue weighted by atomic mass is 35.5. The molecule has 15 heavy (non-hydrogen) atoms. The minimum absolute atomic E-state index is 0. The third-order valence-electron chi connectivity index (χ3n) is 3.67. The summed E-state index contributed by atoms with van der Waals surface area (Å²) in [4.78, 5) is 5.25. The molecule has 0 aromatic heterocycles. The first-order chi connectivity index (χ1) is 6.90. The number of hydrogen-bond acceptors (Lipinski definition) is 3. The van der Waals surface area contributed by atoms with Crippen LogP contribution in [0.5, 0.6) is 0 Å². The van der Waals surface area contributed by atoms with Crippen molar-refractivity contribution in [3.05, 3.63) is 0 Å². The molecule has 0 amide bonds. The molecule has 0 aromatic rings. The van der Waals surface area contributed by atoms with Gasteiger partial charge in [0, 0.05) is 32.2 Å². The molecule has 0 radical (unpaired) electrons. The van der Waals surface area contributed by atoms with Crippen LogP contribution in [0.25, 0.3) is 0 Å². The highest BCUT2D eigenvalue weighted by Gasteiger charge is 2.24. The molecule has 0 aliphatic carbocycles. The van der Waals surface area contributed by atoms with Crippen molar-refractivity contribution in [3.63, 3.8) is 0 Å². The van der Waals surface area contributed by atoms with Crippen molar-refractivity contribution in [1.82, 2.24) is 15.1 Å². The summed E-state index contributed by atoms with van der Waals surface area (Å²) in [5, 5.41) is 3.42. The van der Waals surface area contributed by atoms with Crippen molar-refractivity contribution < 1.29 is 0 Å². The van der Waals surface area contributed by atoms with Crippen LogP contribution in [0.2, 0.25) is 0 Å². The molecule has 2 aliphatic heterocycles. The fourth-order valence-electron chi connectivity index (χ4n) is 2.65. The van der Waals surface area contributed by atoms with E-state index in [4.69, 9.17) is 0 Å². The Hall–Kier alpha value is 0.170. The summed E-state index contributed by atoms with van der Waals surface area (Å²) in [5.74, 6) is 0. The Bertz CT molecular complexity index is 163. The molecule has 2 fully saturated rings. The minimum atomic E-state index is 0. The third kappa shape index (κ3) is 3.59. The summed E-state index contributed by atoms with van der Waals surface area (Å²) >= 11 is 0. The van der Waals surface area contributed by atoms with E-state index in [1.165, 1.54) is 58.7 Å². The maximum Gasteiger partial charge on any atom is 0.0121 e. The second-order valence-corrected chi connectivity index (χ2v) is 4.45. The topological polar surface area (TPSA) is 18.5 Å². The zero-order valence-corrected chi connectivity index (χ0v) is 10.6. The first kappa shape index (κ1) is 13.2. The van der Waals surface area contributed by atoms with Crippen LogP contribution in [0.1, 0.15) is 19.8 Å². The van der Waals surface area contributed by atoms with Gasteiger partial charge in [-0.1, -0.05) is 6.92 Å². The lowest BCUT2D eigenvalue weighted by molar-refractivity contribution is 0.100. The second-order valence-electron chi connectivity index (χ2n) is 4.45. The summed E-state index contributed by atoms with van der Waals surface area (Å²) in [6.07, 6.45) is 2.77. The Labute approximate surface area is 99.6 Å². The molecule has 0 aromatic carbocycles. The number of rotatable bonds is 2. The maximum atomic E-state index is 3.42. The van der Waals surface area contributed by atoms with Gasteiger partial charge in [0.2, 0.25) is 0 Å². The van der Waals surface area contributed by atoms with Crippen LogP contribution in [0.15, 0.2) is 0 Å². The average Bonchev–Trinajstić information content (AvgIpc) is 2.30. The van der Waals surface area contributed by atoms with E-state index in [2.05, 4.69) is 22.0 Å². The van der Waals surface area contributed by atoms with Gasteiger partial charge in [0.05, 0.1) is 0 Å². The average molecular weight is 234 g/mol. The Morgan fingerprint density at radius 3 is 2.20 bits per heavy atom. The molecule has 2 saturated heterocycles. The van der Waals surface area contributed by atoms with Gasteiger partial charge in [-0.15, -0.1) is 12.4 Å². The van der Waals surface area contributed by atoms with E-state index in [0.29, 0.717) is 0 Å². The number of nitrogens with zero attached hydrogens (tertiary/aromatic N) is 2. The molecule has 0 spiro atoms. The van der Waals surface area contributed by atoms with Crippen molar-refractivity contribution in [2.45, 2.75) is 25.8 Å². The molecule has 1 N–H and O–H groups in total. The van der Waals surface area contributed by atoms with Crippen LogP contribution in [0.4, 0.5) is 0 Å². The standard InChI is InChI=1S/C11H23N3.ClH/c1-2-13-7-3-11(4-8-13)14-9-5-12-6-10-14;/h11-12H,2-10H2,1H3;1H.